The Kier molecular flexibility index (Phi) is 6.05. The maximum Gasteiger partial charge on any atom is 0.317 e. The van der Waals surface area contributed by atoms with Gasteiger partial charge in [-0.15, -0.1) is 11.8 Å². The molecule has 3 aliphatic rings. The van der Waals surface area contributed by atoms with Gasteiger partial charge in [0.15, 0.2) is 0 Å². The minimum absolute atomic E-state index is 0.0239. The second kappa shape index (κ2) is 8.96. The summed E-state index contributed by atoms with van der Waals surface area (Å²) in [6.07, 6.45) is 10.7. The van der Waals surface area contributed by atoms with Crippen LogP contribution < -0.4 is 11.1 Å². The molecule has 172 valence electrons. The second-order valence-corrected chi connectivity index (χ2v) is 10.7. The number of nitrogens with zero attached hydrogens (tertiary/aromatic N) is 4. The maximum atomic E-state index is 12.3. The van der Waals surface area contributed by atoms with Gasteiger partial charge >= 0.3 is 6.03 Å². The van der Waals surface area contributed by atoms with E-state index in [0.717, 1.165) is 60.3 Å². The molecular formula is C24H34N6OS. The van der Waals surface area contributed by atoms with Crippen molar-refractivity contribution in [2.75, 3.05) is 31.1 Å². The molecule has 1 saturated carbocycles. The van der Waals surface area contributed by atoms with E-state index in [1.54, 1.807) is 0 Å². The zero-order chi connectivity index (χ0) is 22.1. The predicted molar refractivity (Wildman–Crippen MR) is 129 cm³/mol. The van der Waals surface area contributed by atoms with Gasteiger partial charge in [-0.1, -0.05) is 19.3 Å². The Morgan fingerprint density at radius 3 is 2.88 bits per heavy atom. The van der Waals surface area contributed by atoms with Crippen molar-refractivity contribution in [1.82, 2.24) is 25.0 Å². The van der Waals surface area contributed by atoms with Crippen LogP contribution in [0.2, 0.25) is 0 Å². The number of thioether (sulfide) groups is 1. The average molecular weight is 455 g/mol. The molecule has 2 amide bonds. The van der Waals surface area contributed by atoms with Crippen LogP contribution in [0.1, 0.15) is 57.6 Å². The van der Waals surface area contributed by atoms with Gasteiger partial charge in [0.25, 0.3) is 0 Å². The van der Waals surface area contributed by atoms with Crippen molar-refractivity contribution in [2.45, 2.75) is 68.7 Å². The standard InChI is InChI=1S/C24H34N6OS/c1-2-26-23(31)29-10-8-24(16-29)9-11-30-21(24)13-19(28-30)18-12-20(22(25)27-14-18)32-15-17-6-4-3-5-7-17/h12-14,17H,2-11,15-16H2,1H3,(H2,25,27)(H,26,31)/t24-/m1/s1. The lowest BCUT2D eigenvalue weighted by molar-refractivity contribution is 0.206. The number of amides is 2. The highest BCUT2D eigenvalue weighted by molar-refractivity contribution is 7.99. The third kappa shape index (κ3) is 4.09. The summed E-state index contributed by atoms with van der Waals surface area (Å²) >= 11 is 1.85. The molecule has 2 aliphatic heterocycles. The van der Waals surface area contributed by atoms with Gasteiger partial charge in [0, 0.05) is 54.8 Å². The molecule has 7 nitrogen and oxygen atoms in total. The number of anilines is 1. The van der Waals surface area contributed by atoms with Crippen LogP contribution in [-0.4, -0.2) is 51.1 Å². The van der Waals surface area contributed by atoms with Crippen LogP contribution in [0.4, 0.5) is 10.6 Å². The lowest BCUT2D eigenvalue weighted by atomic mass is 9.82. The molecule has 0 aromatic carbocycles. The molecule has 1 spiro atoms. The third-order valence-electron chi connectivity index (χ3n) is 7.47. The van der Waals surface area contributed by atoms with Crippen molar-refractivity contribution >= 4 is 23.6 Å². The number of nitrogen functional groups attached to an aromatic ring is 1. The van der Waals surface area contributed by atoms with Gasteiger partial charge in [0.1, 0.15) is 5.82 Å². The number of carbonyl (C=O) groups is 1. The number of likely N-dealkylation sites (tertiary alicyclic amines) is 1. The SMILES string of the molecule is CCNC(=O)N1CC[C@@]2(CCn3nc(-c4cnc(N)c(SCC5CCCCC5)c4)cc32)C1. The molecule has 5 rings (SSSR count). The van der Waals surface area contributed by atoms with E-state index in [0.29, 0.717) is 12.4 Å². The fourth-order valence-electron chi connectivity index (χ4n) is 5.60. The minimum Gasteiger partial charge on any atom is -0.383 e. The van der Waals surface area contributed by atoms with Gasteiger partial charge in [0.2, 0.25) is 0 Å². The summed E-state index contributed by atoms with van der Waals surface area (Å²) in [7, 11) is 0. The van der Waals surface area contributed by atoms with Crippen LogP contribution in [0.25, 0.3) is 11.3 Å². The smallest absolute Gasteiger partial charge is 0.317 e. The number of nitrogens with one attached hydrogen (secondary N) is 1. The third-order valence-corrected chi connectivity index (χ3v) is 8.75. The van der Waals surface area contributed by atoms with Crippen LogP contribution >= 0.6 is 11.8 Å². The molecule has 0 unspecified atom stereocenters. The highest BCUT2D eigenvalue weighted by Crippen LogP contribution is 2.44. The number of hydrogen-bond acceptors (Lipinski definition) is 5. The van der Waals surface area contributed by atoms with E-state index in [9.17, 15) is 4.79 Å². The Morgan fingerprint density at radius 1 is 1.25 bits per heavy atom. The fraction of sp³-hybridized carbons (Fsp3) is 0.625. The summed E-state index contributed by atoms with van der Waals surface area (Å²) in [6, 6.07) is 4.43. The second-order valence-electron chi connectivity index (χ2n) is 9.60. The molecule has 2 aromatic heterocycles. The molecule has 1 aliphatic carbocycles. The average Bonchev–Trinajstić information content (AvgIpc) is 3.51. The van der Waals surface area contributed by atoms with Gasteiger partial charge in [-0.25, -0.2) is 9.78 Å². The number of aryl methyl sites for hydroxylation is 1. The molecule has 32 heavy (non-hydrogen) atoms. The molecular weight excluding hydrogens is 420 g/mol. The topological polar surface area (TPSA) is 89.1 Å². The zero-order valence-corrected chi connectivity index (χ0v) is 19.8. The predicted octanol–water partition coefficient (Wildman–Crippen LogP) is 4.28. The lowest BCUT2D eigenvalue weighted by Gasteiger charge is -2.23. The highest BCUT2D eigenvalue weighted by Gasteiger charge is 2.46. The van der Waals surface area contributed by atoms with E-state index in [1.165, 1.54) is 37.8 Å². The van der Waals surface area contributed by atoms with Gasteiger partial charge in [-0.05, 0) is 50.7 Å². The van der Waals surface area contributed by atoms with Crippen molar-refractivity contribution in [3.05, 3.63) is 24.0 Å². The number of rotatable bonds is 5. The quantitative estimate of drug-likeness (QED) is 0.659. The molecule has 2 fully saturated rings. The Labute approximate surface area is 194 Å². The normalized spacial score (nSPS) is 23.1. The number of aromatic nitrogens is 3. The number of hydrogen-bond donors (Lipinski definition) is 2. The Hall–Kier alpha value is -2.22. The first kappa shape index (κ1) is 21.6. The maximum absolute atomic E-state index is 12.3. The molecule has 1 saturated heterocycles. The van der Waals surface area contributed by atoms with Crippen LogP contribution in [0.5, 0.6) is 0 Å². The Morgan fingerprint density at radius 2 is 2.06 bits per heavy atom. The van der Waals surface area contributed by atoms with Gasteiger partial charge in [0.05, 0.1) is 10.6 Å². The number of nitrogens with two attached hydrogens (primary N) is 1. The number of pyridine rings is 1. The first-order valence-corrected chi connectivity index (χ1v) is 13.1. The lowest BCUT2D eigenvalue weighted by Crippen LogP contribution is -2.40. The monoisotopic (exact) mass is 454 g/mol. The molecule has 0 bridgehead atoms. The summed E-state index contributed by atoms with van der Waals surface area (Å²) in [5.74, 6) is 2.53. The van der Waals surface area contributed by atoms with Crippen molar-refractivity contribution in [3.63, 3.8) is 0 Å². The van der Waals surface area contributed by atoms with E-state index in [2.05, 4.69) is 27.1 Å². The molecule has 4 heterocycles. The minimum atomic E-state index is 0.0239. The summed E-state index contributed by atoms with van der Waals surface area (Å²) in [4.78, 5) is 19.9. The van der Waals surface area contributed by atoms with Crippen LogP contribution in [0.15, 0.2) is 23.2 Å². The summed E-state index contributed by atoms with van der Waals surface area (Å²) in [6.45, 7) is 5.10. The van der Waals surface area contributed by atoms with Crippen molar-refractivity contribution in [1.29, 1.82) is 0 Å². The first-order valence-electron chi connectivity index (χ1n) is 12.1. The van der Waals surface area contributed by atoms with Crippen LogP contribution in [-0.2, 0) is 12.0 Å². The number of carbonyl (C=O) groups excluding carboxylic acids is 1. The number of fused-ring (bicyclic) bond motifs is 2. The van der Waals surface area contributed by atoms with Crippen molar-refractivity contribution in [3.8, 4) is 11.3 Å². The molecule has 1 atom stereocenters. The van der Waals surface area contributed by atoms with E-state index in [1.807, 2.05) is 29.8 Å². The van der Waals surface area contributed by atoms with Crippen LogP contribution in [0.3, 0.4) is 0 Å². The Balaban J connectivity index is 1.33. The van der Waals surface area contributed by atoms with Crippen molar-refractivity contribution in [2.24, 2.45) is 5.92 Å². The number of urea groups is 1. The van der Waals surface area contributed by atoms with Crippen LogP contribution in [0, 0.1) is 5.92 Å². The van der Waals surface area contributed by atoms with Gasteiger partial charge < -0.3 is 16.0 Å². The molecule has 8 heteroatoms. The van der Waals surface area contributed by atoms with Gasteiger partial charge in [-0.2, -0.15) is 5.10 Å². The zero-order valence-electron chi connectivity index (χ0n) is 19.0. The van der Waals surface area contributed by atoms with E-state index in [4.69, 9.17) is 10.8 Å². The highest BCUT2D eigenvalue weighted by atomic mass is 32.2. The Bertz CT molecular complexity index is 985. The van der Waals surface area contributed by atoms with Gasteiger partial charge in [-0.3, -0.25) is 4.68 Å². The molecule has 3 N–H and O–H groups in total. The fourth-order valence-corrected chi connectivity index (χ4v) is 6.76. The van der Waals surface area contributed by atoms with Crippen molar-refractivity contribution < 1.29 is 4.79 Å². The molecule has 2 aromatic rings. The first-order chi connectivity index (χ1) is 15.6. The summed E-state index contributed by atoms with van der Waals surface area (Å²) < 4.78 is 2.14. The van der Waals surface area contributed by atoms with E-state index >= 15 is 0 Å². The van der Waals surface area contributed by atoms with E-state index in [-0.39, 0.29) is 11.4 Å². The summed E-state index contributed by atoms with van der Waals surface area (Å²) in [5.41, 5.74) is 9.49. The summed E-state index contributed by atoms with van der Waals surface area (Å²) in [5, 5.41) is 7.85. The molecule has 0 radical (unpaired) electrons. The largest absolute Gasteiger partial charge is 0.383 e. The van der Waals surface area contributed by atoms with E-state index < -0.39 is 0 Å².